The topological polar surface area (TPSA) is 90.5 Å². The molecule has 1 aromatic carbocycles. The van der Waals surface area contributed by atoms with Gasteiger partial charge in [-0.2, -0.15) is 0 Å². The number of fused-ring (bicyclic) bond motifs is 1. The number of nitrogens with zero attached hydrogens (tertiary/aromatic N) is 6. The number of hydrogen-bond acceptors (Lipinski definition) is 5. The summed E-state index contributed by atoms with van der Waals surface area (Å²) in [6.07, 6.45) is 6.83. The number of benzene rings is 1. The molecule has 1 amide bonds. The minimum Gasteiger partial charge on any atom is -0.349 e. The molecule has 0 radical (unpaired) electrons. The molecule has 0 atom stereocenters. The maximum absolute atomic E-state index is 12.2. The van der Waals surface area contributed by atoms with Gasteiger partial charge in [-0.3, -0.25) is 9.78 Å². The lowest BCUT2D eigenvalue weighted by Gasteiger charge is -2.05. The Bertz CT molecular complexity index is 1010. The van der Waals surface area contributed by atoms with Gasteiger partial charge in [-0.25, -0.2) is 9.67 Å². The van der Waals surface area contributed by atoms with Gasteiger partial charge in [0, 0.05) is 6.20 Å². The predicted octanol–water partition coefficient (Wildman–Crippen LogP) is 1.33. The van der Waals surface area contributed by atoms with E-state index >= 15 is 0 Å². The Labute approximate surface area is 143 Å². The maximum Gasteiger partial charge on any atom is 0.240 e. The SMILES string of the molecule is O=C(Cn1cnc2ccccc21)NCc1cn(-c2cccnc2)nn1. The van der Waals surface area contributed by atoms with Gasteiger partial charge in [-0.05, 0) is 24.3 Å². The van der Waals surface area contributed by atoms with Crippen LogP contribution in [-0.4, -0.2) is 35.4 Å². The molecule has 0 unspecified atom stereocenters. The van der Waals surface area contributed by atoms with Gasteiger partial charge >= 0.3 is 0 Å². The van der Waals surface area contributed by atoms with E-state index in [1.54, 1.807) is 29.6 Å². The summed E-state index contributed by atoms with van der Waals surface area (Å²) in [5, 5.41) is 11.0. The summed E-state index contributed by atoms with van der Waals surface area (Å²) in [6.45, 7) is 0.517. The molecule has 0 aliphatic heterocycles. The third-order valence-corrected chi connectivity index (χ3v) is 3.76. The highest BCUT2D eigenvalue weighted by molar-refractivity contribution is 5.80. The Balaban J connectivity index is 1.38. The number of carbonyl (C=O) groups is 1. The van der Waals surface area contributed by atoms with Crippen molar-refractivity contribution in [1.29, 1.82) is 0 Å². The van der Waals surface area contributed by atoms with Crippen LogP contribution in [-0.2, 0) is 17.9 Å². The smallest absolute Gasteiger partial charge is 0.240 e. The fourth-order valence-electron chi connectivity index (χ4n) is 2.53. The molecule has 8 heteroatoms. The molecule has 25 heavy (non-hydrogen) atoms. The Hall–Kier alpha value is -3.55. The van der Waals surface area contributed by atoms with Crippen molar-refractivity contribution in [3.05, 3.63) is 67.0 Å². The molecule has 8 nitrogen and oxygen atoms in total. The highest BCUT2D eigenvalue weighted by Crippen LogP contribution is 2.11. The Kier molecular flexibility index (Phi) is 3.91. The van der Waals surface area contributed by atoms with Crippen LogP contribution in [0.2, 0.25) is 0 Å². The molecule has 4 rings (SSSR count). The van der Waals surface area contributed by atoms with Crippen molar-refractivity contribution < 1.29 is 4.79 Å². The van der Waals surface area contributed by atoms with Crippen LogP contribution in [0.25, 0.3) is 16.7 Å². The third kappa shape index (κ3) is 3.23. The molecule has 1 N–H and O–H groups in total. The number of aromatic nitrogens is 6. The van der Waals surface area contributed by atoms with Gasteiger partial charge < -0.3 is 9.88 Å². The van der Waals surface area contributed by atoms with Crippen LogP contribution in [0.15, 0.2) is 61.3 Å². The zero-order valence-electron chi connectivity index (χ0n) is 13.3. The summed E-state index contributed by atoms with van der Waals surface area (Å²) in [5.74, 6) is -0.112. The van der Waals surface area contributed by atoms with E-state index in [9.17, 15) is 4.79 Å². The lowest BCUT2D eigenvalue weighted by molar-refractivity contribution is -0.121. The largest absolute Gasteiger partial charge is 0.349 e. The summed E-state index contributed by atoms with van der Waals surface area (Å²) in [7, 11) is 0. The normalized spacial score (nSPS) is 10.9. The first-order valence-electron chi connectivity index (χ1n) is 7.78. The van der Waals surface area contributed by atoms with Crippen molar-refractivity contribution in [2.75, 3.05) is 0 Å². The van der Waals surface area contributed by atoms with Gasteiger partial charge in [0.2, 0.25) is 5.91 Å². The molecular weight excluding hydrogens is 318 g/mol. The van der Waals surface area contributed by atoms with Crippen molar-refractivity contribution in [2.45, 2.75) is 13.1 Å². The Morgan fingerprint density at radius 1 is 1.16 bits per heavy atom. The summed E-state index contributed by atoms with van der Waals surface area (Å²) >= 11 is 0. The summed E-state index contributed by atoms with van der Waals surface area (Å²) in [5.41, 5.74) is 3.29. The standard InChI is InChI=1S/C17H15N7O/c25-17(11-23-12-20-15-5-1-2-6-16(15)23)19-8-13-10-24(22-21-13)14-4-3-7-18-9-14/h1-7,9-10,12H,8,11H2,(H,19,25). The number of carbonyl (C=O) groups excluding carboxylic acids is 1. The van der Waals surface area contributed by atoms with Gasteiger partial charge in [-0.1, -0.05) is 17.3 Å². The molecular formula is C17H15N7O. The van der Waals surface area contributed by atoms with E-state index in [-0.39, 0.29) is 12.5 Å². The number of imidazole rings is 1. The van der Waals surface area contributed by atoms with Crippen molar-refractivity contribution in [1.82, 2.24) is 34.8 Å². The van der Waals surface area contributed by atoms with E-state index in [1.165, 1.54) is 0 Å². The van der Waals surface area contributed by atoms with Crippen LogP contribution in [0.4, 0.5) is 0 Å². The number of rotatable bonds is 5. The van der Waals surface area contributed by atoms with Crippen LogP contribution in [0.3, 0.4) is 0 Å². The quantitative estimate of drug-likeness (QED) is 0.595. The molecule has 3 aromatic heterocycles. The highest BCUT2D eigenvalue weighted by atomic mass is 16.1. The molecule has 0 bridgehead atoms. The van der Waals surface area contributed by atoms with Gasteiger partial charge in [0.15, 0.2) is 0 Å². The van der Waals surface area contributed by atoms with Crippen LogP contribution < -0.4 is 5.32 Å². The fourth-order valence-corrected chi connectivity index (χ4v) is 2.53. The Morgan fingerprint density at radius 2 is 2.08 bits per heavy atom. The number of nitrogens with one attached hydrogen (secondary N) is 1. The maximum atomic E-state index is 12.2. The molecule has 0 saturated heterocycles. The first kappa shape index (κ1) is 15.0. The number of pyridine rings is 1. The molecule has 0 aliphatic rings. The molecule has 0 fully saturated rings. The minimum atomic E-state index is -0.112. The van der Waals surface area contributed by atoms with Crippen molar-refractivity contribution in [2.24, 2.45) is 0 Å². The lowest BCUT2D eigenvalue weighted by Crippen LogP contribution is -2.27. The van der Waals surface area contributed by atoms with Crippen molar-refractivity contribution >= 4 is 16.9 Å². The van der Waals surface area contributed by atoms with Crippen LogP contribution >= 0.6 is 0 Å². The summed E-state index contributed by atoms with van der Waals surface area (Å²) in [4.78, 5) is 20.5. The van der Waals surface area contributed by atoms with Crippen LogP contribution in [0.1, 0.15) is 5.69 Å². The monoisotopic (exact) mass is 333 g/mol. The van der Waals surface area contributed by atoms with Gasteiger partial charge in [0.05, 0.1) is 42.0 Å². The van der Waals surface area contributed by atoms with E-state index in [2.05, 4.69) is 25.6 Å². The average molecular weight is 333 g/mol. The first-order chi connectivity index (χ1) is 12.3. The zero-order valence-corrected chi connectivity index (χ0v) is 13.3. The van der Waals surface area contributed by atoms with Gasteiger partial charge in [-0.15, -0.1) is 5.10 Å². The van der Waals surface area contributed by atoms with Crippen LogP contribution in [0, 0.1) is 0 Å². The van der Waals surface area contributed by atoms with Crippen molar-refractivity contribution in [3.8, 4) is 5.69 Å². The average Bonchev–Trinajstić information content (AvgIpc) is 3.28. The molecule has 3 heterocycles. The van der Waals surface area contributed by atoms with E-state index in [1.807, 2.05) is 41.0 Å². The molecule has 4 aromatic rings. The second-order valence-electron chi connectivity index (χ2n) is 5.50. The molecule has 0 aliphatic carbocycles. The van der Waals surface area contributed by atoms with Gasteiger partial charge in [0.1, 0.15) is 12.2 Å². The van der Waals surface area contributed by atoms with E-state index in [0.29, 0.717) is 12.2 Å². The van der Waals surface area contributed by atoms with E-state index in [4.69, 9.17) is 0 Å². The number of amides is 1. The van der Waals surface area contributed by atoms with E-state index < -0.39 is 0 Å². The third-order valence-electron chi connectivity index (χ3n) is 3.76. The first-order valence-corrected chi connectivity index (χ1v) is 7.78. The second-order valence-corrected chi connectivity index (χ2v) is 5.50. The molecule has 0 spiro atoms. The second kappa shape index (κ2) is 6.52. The summed E-state index contributed by atoms with van der Waals surface area (Å²) in [6, 6.07) is 11.4. The van der Waals surface area contributed by atoms with Crippen molar-refractivity contribution in [3.63, 3.8) is 0 Å². The fraction of sp³-hybridized carbons (Fsp3) is 0.118. The predicted molar refractivity (Wildman–Crippen MR) is 90.7 cm³/mol. The summed E-state index contributed by atoms with van der Waals surface area (Å²) < 4.78 is 3.44. The van der Waals surface area contributed by atoms with Crippen LogP contribution in [0.5, 0.6) is 0 Å². The Morgan fingerprint density at radius 3 is 2.96 bits per heavy atom. The number of para-hydroxylation sites is 2. The van der Waals surface area contributed by atoms with E-state index in [0.717, 1.165) is 16.7 Å². The minimum absolute atomic E-state index is 0.112. The zero-order chi connectivity index (χ0) is 17.1. The molecule has 124 valence electrons. The highest BCUT2D eigenvalue weighted by Gasteiger charge is 2.08. The molecule has 0 saturated carbocycles. The lowest BCUT2D eigenvalue weighted by atomic mass is 10.3. The number of hydrogen-bond donors (Lipinski definition) is 1. The van der Waals surface area contributed by atoms with Gasteiger partial charge in [0.25, 0.3) is 0 Å².